The van der Waals surface area contributed by atoms with E-state index in [9.17, 15) is 4.79 Å². The summed E-state index contributed by atoms with van der Waals surface area (Å²) in [4.78, 5) is 15.3. The molecule has 1 aromatic rings. The van der Waals surface area contributed by atoms with Crippen LogP contribution in [0.4, 0.5) is 0 Å². The molecular weight excluding hydrogens is 182 g/mol. The molecule has 1 heterocycles. The number of carbonyl (C=O) groups is 1. The first-order valence-electron chi connectivity index (χ1n) is 4.53. The van der Waals surface area contributed by atoms with Gasteiger partial charge in [0.05, 0.1) is 5.69 Å². The summed E-state index contributed by atoms with van der Waals surface area (Å²) in [5.74, 6) is 0.302. The van der Waals surface area contributed by atoms with Crippen molar-refractivity contribution in [3.05, 3.63) is 17.8 Å². The number of hydrogen-bond acceptors (Lipinski definition) is 4. The molecule has 0 fully saturated rings. The smallest absolute Gasteiger partial charge is 0.289 e. The van der Waals surface area contributed by atoms with Crippen molar-refractivity contribution >= 4 is 5.91 Å². The first kappa shape index (κ1) is 10.7. The van der Waals surface area contributed by atoms with Gasteiger partial charge in [-0.15, -0.1) is 0 Å². The lowest BCUT2D eigenvalue weighted by Gasteiger charge is -2.08. The maximum absolute atomic E-state index is 11.5. The summed E-state index contributed by atoms with van der Waals surface area (Å²) in [6.45, 7) is 4.80. The number of nitrogens with zero attached hydrogens (tertiary/aromatic N) is 1. The summed E-state index contributed by atoms with van der Waals surface area (Å²) in [6.07, 6.45) is 1.26. The molecule has 0 bridgehead atoms. The topological polar surface area (TPSA) is 81.2 Å². The molecule has 0 spiro atoms. The Hall–Kier alpha value is -1.36. The lowest BCUT2D eigenvalue weighted by atomic mass is 10.2. The van der Waals surface area contributed by atoms with Crippen LogP contribution in [0.2, 0.25) is 0 Å². The number of aromatic nitrogens is 1. The number of rotatable bonds is 4. The third-order valence-corrected chi connectivity index (χ3v) is 1.97. The standard InChI is InChI=1S/C9H15N3O2/c1-6(3-10)4-11-9(13)8-7(2)12-5-14-8/h5-6H,3-4,10H2,1-2H3,(H,11,13). The van der Waals surface area contributed by atoms with Gasteiger partial charge in [-0.1, -0.05) is 6.92 Å². The van der Waals surface area contributed by atoms with E-state index in [4.69, 9.17) is 10.2 Å². The van der Waals surface area contributed by atoms with Crippen molar-refractivity contribution in [1.82, 2.24) is 10.3 Å². The highest BCUT2D eigenvalue weighted by Crippen LogP contribution is 2.04. The van der Waals surface area contributed by atoms with Crippen molar-refractivity contribution in [3.8, 4) is 0 Å². The second-order valence-electron chi connectivity index (χ2n) is 3.32. The number of hydrogen-bond donors (Lipinski definition) is 2. The van der Waals surface area contributed by atoms with E-state index in [1.807, 2.05) is 6.92 Å². The number of nitrogens with two attached hydrogens (primary N) is 1. The van der Waals surface area contributed by atoms with E-state index in [1.165, 1.54) is 6.39 Å². The molecule has 5 heteroatoms. The van der Waals surface area contributed by atoms with Crippen molar-refractivity contribution in [2.45, 2.75) is 13.8 Å². The molecule has 3 N–H and O–H groups in total. The van der Waals surface area contributed by atoms with Gasteiger partial charge < -0.3 is 15.5 Å². The van der Waals surface area contributed by atoms with Gasteiger partial charge in [0, 0.05) is 6.54 Å². The van der Waals surface area contributed by atoms with Crippen LogP contribution >= 0.6 is 0 Å². The Bertz CT molecular complexity index is 309. The maximum atomic E-state index is 11.5. The van der Waals surface area contributed by atoms with E-state index in [2.05, 4.69) is 10.3 Å². The van der Waals surface area contributed by atoms with Gasteiger partial charge in [-0.2, -0.15) is 0 Å². The highest BCUT2D eigenvalue weighted by molar-refractivity contribution is 5.92. The number of amides is 1. The molecule has 14 heavy (non-hydrogen) atoms. The minimum Gasteiger partial charge on any atom is -0.438 e. The average molecular weight is 197 g/mol. The largest absolute Gasteiger partial charge is 0.438 e. The van der Waals surface area contributed by atoms with E-state index in [0.29, 0.717) is 18.8 Å². The minimum absolute atomic E-state index is 0.236. The molecule has 1 rings (SSSR count). The number of nitrogens with one attached hydrogen (secondary N) is 1. The molecule has 0 aromatic carbocycles. The lowest BCUT2D eigenvalue weighted by Crippen LogP contribution is -2.31. The molecule has 1 aromatic heterocycles. The maximum Gasteiger partial charge on any atom is 0.289 e. The van der Waals surface area contributed by atoms with Gasteiger partial charge in [-0.05, 0) is 19.4 Å². The summed E-state index contributed by atoms with van der Waals surface area (Å²) in [7, 11) is 0. The Kier molecular flexibility index (Phi) is 3.64. The Morgan fingerprint density at radius 1 is 1.79 bits per heavy atom. The summed E-state index contributed by atoms with van der Waals surface area (Å²) in [5, 5.41) is 2.72. The molecular formula is C9H15N3O2. The van der Waals surface area contributed by atoms with Gasteiger partial charge in [0.15, 0.2) is 6.39 Å². The van der Waals surface area contributed by atoms with Crippen molar-refractivity contribution in [2.24, 2.45) is 11.7 Å². The van der Waals surface area contributed by atoms with Gasteiger partial charge in [0.25, 0.3) is 5.91 Å². The van der Waals surface area contributed by atoms with E-state index >= 15 is 0 Å². The van der Waals surface area contributed by atoms with Crippen molar-refractivity contribution < 1.29 is 9.21 Å². The van der Waals surface area contributed by atoms with E-state index in [1.54, 1.807) is 6.92 Å². The lowest BCUT2D eigenvalue weighted by molar-refractivity contribution is 0.0920. The van der Waals surface area contributed by atoms with E-state index in [0.717, 1.165) is 0 Å². The molecule has 1 atom stereocenters. The van der Waals surface area contributed by atoms with Crippen molar-refractivity contribution in [2.75, 3.05) is 13.1 Å². The Balaban J connectivity index is 2.47. The zero-order valence-corrected chi connectivity index (χ0v) is 8.41. The molecule has 0 saturated carbocycles. The van der Waals surface area contributed by atoms with Crippen LogP contribution in [0.1, 0.15) is 23.2 Å². The first-order valence-corrected chi connectivity index (χ1v) is 4.53. The molecule has 0 radical (unpaired) electrons. The zero-order valence-electron chi connectivity index (χ0n) is 8.41. The Morgan fingerprint density at radius 2 is 2.50 bits per heavy atom. The van der Waals surface area contributed by atoms with Crippen LogP contribution < -0.4 is 11.1 Å². The molecule has 78 valence electrons. The van der Waals surface area contributed by atoms with Gasteiger partial charge in [0.2, 0.25) is 5.76 Å². The summed E-state index contributed by atoms with van der Waals surface area (Å²) < 4.78 is 4.94. The predicted molar refractivity (Wildman–Crippen MR) is 51.8 cm³/mol. The summed E-state index contributed by atoms with van der Waals surface area (Å²) >= 11 is 0. The van der Waals surface area contributed by atoms with Crippen LogP contribution in [0, 0.1) is 12.8 Å². The van der Waals surface area contributed by atoms with E-state index in [-0.39, 0.29) is 17.6 Å². The quantitative estimate of drug-likeness (QED) is 0.727. The highest BCUT2D eigenvalue weighted by atomic mass is 16.3. The van der Waals surface area contributed by atoms with Crippen LogP contribution in [-0.2, 0) is 0 Å². The number of carbonyl (C=O) groups excluding carboxylic acids is 1. The Labute approximate surface area is 82.7 Å². The molecule has 0 aliphatic carbocycles. The van der Waals surface area contributed by atoms with Crippen LogP contribution in [0.15, 0.2) is 10.8 Å². The van der Waals surface area contributed by atoms with Gasteiger partial charge in [-0.3, -0.25) is 4.79 Å². The first-order chi connectivity index (χ1) is 6.65. The highest BCUT2D eigenvalue weighted by Gasteiger charge is 2.13. The van der Waals surface area contributed by atoms with Gasteiger partial charge in [0.1, 0.15) is 0 Å². The Morgan fingerprint density at radius 3 is 3.00 bits per heavy atom. The molecule has 0 saturated heterocycles. The normalized spacial score (nSPS) is 12.5. The second kappa shape index (κ2) is 4.76. The number of aryl methyl sites for hydroxylation is 1. The summed E-state index contributed by atoms with van der Waals surface area (Å²) in [5.41, 5.74) is 6.02. The molecule has 0 aliphatic heterocycles. The minimum atomic E-state index is -0.236. The fourth-order valence-electron chi connectivity index (χ4n) is 0.950. The number of oxazole rings is 1. The monoisotopic (exact) mass is 197 g/mol. The zero-order chi connectivity index (χ0) is 10.6. The molecule has 5 nitrogen and oxygen atoms in total. The fraction of sp³-hybridized carbons (Fsp3) is 0.556. The molecule has 1 unspecified atom stereocenters. The molecule has 0 aliphatic rings. The predicted octanol–water partition coefficient (Wildman–Crippen LogP) is 0.308. The van der Waals surface area contributed by atoms with Crippen molar-refractivity contribution in [3.63, 3.8) is 0 Å². The van der Waals surface area contributed by atoms with Crippen LogP contribution in [0.3, 0.4) is 0 Å². The summed E-state index contributed by atoms with van der Waals surface area (Å²) in [6, 6.07) is 0. The molecule has 1 amide bonds. The van der Waals surface area contributed by atoms with Crippen molar-refractivity contribution in [1.29, 1.82) is 0 Å². The van der Waals surface area contributed by atoms with Crippen LogP contribution in [-0.4, -0.2) is 24.0 Å². The van der Waals surface area contributed by atoms with E-state index < -0.39 is 0 Å². The average Bonchev–Trinajstić information content (AvgIpc) is 2.60. The second-order valence-corrected chi connectivity index (χ2v) is 3.32. The van der Waals surface area contributed by atoms with Crippen LogP contribution in [0.5, 0.6) is 0 Å². The van der Waals surface area contributed by atoms with Gasteiger partial charge in [-0.25, -0.2) is 4.98 Å². The van der Waals surface area contributed by atoms with Crippen LogP contribution in [0.25, 0.3) is 0 Å². The SMILES string of the molecule is Cc1ncoc1C(=O)NCC(C)CN. The third-order valence-electron chi connectivity index (χ3n) is 1.97. The third kappa shape index (κ3) is 2.56. The van der Waals surface area contributed by atoms with Gasteiger partial charge >= 0.3 is 0 Å². The fourth-order valence-corrected chi connectivity index (χ4v) is 0.950.